The van der Waals surface area contributed by atoms with Gasteiger partial charge in [0.15, 0.2) is 0 Å². The van der Waals surface area contributed by atoms with Crippen molar-refractivity contribution in [2.75, 3.05) is 27.2 Å². The molecule has 0 saturated carbocycles. The lowest BCUT2D eigenvalue weighted by molar-refractivity contribution is -0.139. The molecule has 1 aliphatic rings. The van der Waals surface area contributed by atoms with E-state index in [1.54, 1.807) is 41.6 Å². The molecule has 2 heterocycles. The predicted molar refractivity (Wildman–Crippen MR) is 138 cm³/mol. The van der Waals surface area contributed by atoms with E-state index in [1.165, 1.54) is 0 Å². The Morgan fingerprint density at radius 3 is 2.44 bits per heavy atom. The maximum atomic E-state index is 13.2. The Bertz CT molecular complexity index is 1260. The zero-order valence-corrected chi connectivity index (χ0v) is 20.8. The van der Waals surface area contributed by atoms with Gasteiger partial charge in [0.05, 0.1) is 11.6 Å². The van der Waals surface area contributed by atoms with Crippen LogP contribution >= 0.6 is 0 Å². The van der Waals surface area contributed by atoms with Gasteiger partial charge >= 0.3 is 0 Å². The van der Waals surface area contributed by atoms with Crippen LogP contribution in [0.4, 0.5) is 0 Å². The monoisotopic (exact) mass is 485 g/mol. The number of nitrogens with zero attached hydrogens (tertiary/aromatic N) is 3. The minimum absolute atomic E-state index is 0.0945. The summed E-state index contributed by atoms with van der Waals surface area (Å²) in [5, 5.41) is 11.4. The average molecular weight is 486 g/mol. The number of aryl methyl sites for hydroxylation is 1. The first kappa shape index (κ1) is 25.1. The maximum absolute atomic E-state index is 13.2. The molecule has 3 aromatic rings. The van der Waals surface area contributed by atoms with Crippen LogP contribution in [0, 0.1) is 6.92 Å². The Morgan fingerprint density at radius 2 is 1.78 bits per heavy atom. The second-order valence-electron chi connectivity index (χ2n) is 9.18. The molecule has 0 bridgehead atoms. The number of rotatable bonds is 9. The normalized spacial score (nSPS) is 17.1. The number of carbonyl (C=O) groups is 2. The maximum Gasteiger partial charge on any atom is 0.295 e. The zero-order chi connectivity index (χ0) is 25.7. The highest BCUT2D eigenvalue weighted by Gasteiger charge is 2.45. The number of amides is 1. The van der Waals surface area contributed by atoms with Gasteiger partial charge in [-0.2, -0.15) is 0 Å². The van der Waals surface area contributed by atoms with Crippen molar-refractivity contribution >= 4 is 17.4 Å². The van der Waals surface area contributed by atoms with Gasteiger partial charge in [-0.3, -0.25) is 14.6 Å². The molecular formula is C29H31N3O4. The van der Waals surface area contributed by atoms with E-state index in [9.17, 15) is 14.7 Å². The van der Waals surface area contributed by atoms with Crippen LogP contribution in [-0.4, -0.2) is 58.8 Å². The number of pyridine rings is 1. The molecule has 0 radical (unpaired) electrons. The van der Waals surface area contributed by atoms with Gasteiger partial charge < -0.3 is 19.6 Å². The Labute approximate surface area is 211 Å². The van der Waals surface area contributed by atoms with Gasteiger partial charge in [0.1, 0.15) is 18.1 Å². The number of ketones is 1. The summed E-state index contributed by atoms with van der Waals surface area (Å²) >= 11 is 0. The van der Waals surface area contributed by atoms with Crippen molar-refractivity contribution in [2.24, 2.45) is 0 Å². The largest absolute Gasteiger partial charge is 0.507 e. The van der Waals surface area contributed by atoms with E-state index in [0.717, 1.165) is 23.2 Å². The lowest BCUT2D eigenvalue weighted by atomic mass is 9.94. The molecule has 0 unspecified atom stereocenters. The first-order valence-corrected chi connectivity index (χ1v) is 12.0. The van der Waals surface area contributed by atoms with Crippen LogP contribution in [0.15, 0.2) is 78.6 Å². The highest BCUT2D eigenvalue weighted by molar-refractivity contribution is 6.46. The third kappa shape index (κ3) is 5.47. The Hall–Kier alpha value is -3.97. The molecule has 7 nitrogen and oxygen atoms in total. The molecule has 4 rings (SSSR count). The smallest absolute Gasteiger partial charge is 0.295 e. The number of ether oxygens (including phenoxy) is 1. The topological polar surface area (TPSA) is 83.0 Å². The second-order valence-corrected chi connectivity index (χ2v) is 9.18. The summed E-state index contributed by atoms with van der Waals surface area (Å²) in [4.78, 5) is 33.9. The van der Waals surface area contributed by atoms with E-state index >= 15 is 0 Å². The van der Waals surface area contributed by atoms with Crippen molar-refractivity contribution in [2.45, 2.75) is 26.0 Å². The van der Waals surface area contributed by atoms with Crippen LogP contribution in [0.25, 0.3) is 5.76 Å². The van der Waals surface area contributed by atoms with E-state index in [2.05, 4.69) is 4.98 Å². The standard InChI is InChI=1S/C29H31N3O4/c1-20-18-23(36-19-21-8-5-4-6-9-21)10-11-24(20)27(33)25-26(22-12-14-30-15-13-22)32(29(35)28(25)34)17-7-16-31(2)3/h4-6,8-15,18,26,33H,7,16-17,19H2,1-3H3/b27-25+/t26-/m0/s1. The average Bonchev–Trinajstić information content (AvgIpc) is 3.13. The summed E-state index contributed by atoms with van der Waals surface area (Å²) in [5.74, 6) is -0.805. The quantitative estimate of drug-likeness (QED) is 0.276. The fraction of sp³-hybridized carbons (Fsp3) is 0.276. The lowest BCUT2D eigenvalue weighted by Gasteiger charge is -2.26. The number of aliphatic hydroxyl groups excluding tert-OH is 1. The molecule has 0 spiro atoms. The number of hydrogen-bond donors (Lipinski definition) is 1. The van der Waals surface area contributed by atoms with Crippen molar-refractivity contribution in [1.82, 2.24) is 14.8 Å². The molecule has 186 valence electrons. The fourth-order valence-electron chi connectivity index (χ4n) is 4.44. The third-order valence-electron chi connectivity index (χ3n) is 6.27. The van der Waals surface area contributed by atoms with Crippen molar-refractivity contribution < 1.29 is 19.4 Å². The molecule has 2 aromatic carbocycles. The zero-order valence-electron chi connectivity index (χ0n) is 20.8. The van der Waals surface area contributed by atoms with E-state index in [1.807, 2.05) is 62.3 Å². The van der Waals surface area contributed by atoms with Crippen molar-refractivity contribution in [1.29, 1.82) is 0 Å². The molecule has 1 atom stereocenters. The van der Waals surface area contributed by atoms with Crippen LogP contribution < -0.4 is 4.74 Å². The number of likely N-dealkylation sites (tertiary alicyclic amines) is 1. The molecule has 1 saturated heterocycles. The van der Waals surface area contributed by atoms with Gasteiger partial charge in [0.25, 0.3) is 11.7 Å². The number of Topliss-reactive ketones (excluding diaryl/α,β-unsaturated/α-hetero) is 1. The molecule has 1 aromatic heterocycles. The number of benzene rings is 2. The highest BCUT2D eigenvalue weighted by Crippen LogP contribution is 2.40. The van der Waals surface area contributed by atoms with E-state index in [4.69, 9.17) is 4.74 Å². The van der Waals surface area contributed by atoms with Crippen molar-refractivity contribution in [3.63, 3.8) is 0 Å². The van der Waals surface area contributed by atoms with Crippen LogP contribution in [0.1, 0.15) is 34.7 Å². The minimum atomic E-state index is -0.678. The van der Waals surface area contributed by atoms with Crippen LogP contribution in [0.5, 0.6) is 5.75 Å². The Morgan fingerprint density at radius 1 is 1.06 bits per heavy atom. The van der Waals surface area contributed by atoms with E-state index in [-0.39, 0.29) is 11.3 Å². The van der Waals surface area contributed by atoms with E-state index < -0.39 is 17.7 Å². The Balaban J connectivity index is 1.66. The summed E-state index contributed by atoms with van der Waals surface area (Å²) in [5.41, 5.74) is 3.11. The summed E-state index contributed by atoms with van der Waals surface area (Å²) in [6, 6.07) is 18.0. The number of carbonyl (C=O) groups excluding carboxylic acids is 2. The highest BCUT2D eigenvalue weighted by atomic mass is 16.5. The molecule has 1 amide bonds. The van der Waals surface area contributed by atoms with Crippen molar-refractivity contribution in [3.8, 4) is 5.75 Å². The van der Waals surface area contributed by atoms with Gasteiger partial charge in [0, 0.05) is 24.5 Å². The third-order valence-corrected chi connectivity index (χ3v) is 6.27. The van der Waals surface area contributed by atoms with Gasteiger partial charge in [-0.1, -0.05) is 30.3 Å². The van der Waals surface area contributed by atoms with Gasteiger partial charge in [0.2, 0.25) is 0 Å². The van der Waals surface area contributed by atoms with Gasteiger partial charge in [-0.15, -0.1) is 0 Å². The fourth-order valence-corrected chi connectivity index (χ4v) is 4.44. The first-order chi connectivity index (χ1) is 17.4. The second kappa shape index (κ2) is 11.2. The van der Waals surface area contributed by atoms with Crippen LogP contribution in [-0.2, 0) is 16.2 Å². The summed E-state index contributed by atoms with van der Waals surface area (Å²) < 4.78 is 5.90. The molecule has 0 aliphatic carbocycles. The molecule has 1 N–H and O–H groups in total. The number of aliphatic hydroxyl groups is 1. The summed E-state index contributed by atoms with van der Waals surface area (Å²) in [7, 11) is 3.93. The Kier molecular flexibility index (Phi) is 7.80. The summed E-state index contributed by atoms with van der Waals surface area (Å²) in [6.45, 7) is 3.44. The van der Waals surface area contributed by atoms with Crippen LogP contribution in [0.3, 0.4) is 0 Å². The lowest BCUT2D eigenvalue weighted by Crippen LogP contribution is -2.32. The molecule has 1 fully saturated rings. The number of aromatic nitrogens is 1. The van der Waals surface area contributed by atoms with Gasteiger partial charge in [-0.05, 0) is 81.0 Å². The molecule has 36 heavy (non-hydrogen) atoms. The SMILES string of the molecule is Cc1cc(OCc2ccccc2)ccc1/C(O)=C1\C(=O)C(=O)N(CCCN(C)C)[C@H]1c1ccncc1. The molecule has 1 aliphatic heterocycles. The summed E-state index contributed by atoms with van der Waals surface area (Å²) in [6.07, 6.45) is 3.95. The van der Waals surface area contributed by atoms with Gasteiger partial charge in [-0.25, -0.2) is 0 Å². The molecular weight excluding hydrogens is 454 g/mol. The first-order valence-electron chi connectivity index (χ1n) is 12.0. The number of hydrogen-bond acceptors (Lipinski definition) is 6. The van der Waals surface area contributed by atoms with E-state index in [0.29, 0.717) is 30.9 Å². The minimum Gasteiger partial charge on any atom is -0.507 e. The van der Waals surface area contributed by atoms with Crippen molar-refractivity contribution in [3.05, 3.63) is 101 Å². The molecule has 7 heteroatoms. The predicted octanol–water partition coefficient (Wildman–Crippen LogP) is 4.34. The van der Waals surface area contributed by atoms with Crippen LogP contribution in [0.2, 0.25) is 0 Å².